The second-order valence-corrected chi connectivity index (χ2v) is 5.40. The first-order valence-electron chi connectivity index (χ1n) is 6.28. The average Bonchev–Trinajstić information content (AvgIpc) is 2.30. The molecule has 1 rings (SSSR count). The van der Waals surface area contributed by atoms with Crippen LogP contribution >= 0.6 is 0 Å². The Labute approximate surface area is 110 Å². The molecule has 98 valence electrons. The number of carbonyl (C=O) groups excluding carboxylic acids is 1. The van der Waals surface area contributed by atoms with Gasteiger partial charge in [0.1, 0.15) is 11.0 Å². The van der Waals surface area contributed by atoms with Crippen LogP contribution in [0.2, 0.25) is 0 Å². The molecule has 0 saturated heterocycles. The molecule has 1 aromatic rings. The molecule has 0 bridgehead atoms. The van der Waals surface area contributed by atoms with Crippen molar-refractivity contribution in [1.82, 2.24) is 0 Å². The zero-order valence-corrected chi connectivity index (χ0v) is 11.7. The van der Waals surface area contributed by atoms with Crippen LogP contribution in [0.4, 0.5) is 0 Å². The first kappa shape index (κ1) is 14.5. The Hall–Kier alpha value is -1.57. The third-order valence-corrected chi connectivity index (χ3v) is 2.96. The molecule has 0 N–H and O–H groups in total. The number of ether oxygens (including phenoxy) is 1. The van der Waals surface area contributed by atoms with Crippen LogP contribution in [0.3, 0.4) is 0 Å². The molecule has 0 spiro atoms. The summed E-state index contributed by atoms with van der Waals surface area (Å²) in [5.74, 6) is -0.237. The summed E-state index contributed by atoms with van der Waals surface area (Å²) in [5.41, 5.74) is -0.319. The highest BCUT2D eigenvalue weighted by atomic mass is 16.6. The fourth-order valence-corrected chi connectivity index (χ4v) is 1.92. The van der Waals surface area contributed by atoms with Gasteiger partial charge in [0.15, 0.2) is 0 Å². The number of carbonyl (C=O) groups is 1. The SMILES string of the molecule is C=C[C@](CC)(C(=O)OC(C)(C)C)c1ccccc1. The highest BCUT2D eigenvalue weighted by Crippen LogP contribution is 2.32. The maximum atomic E-state index is 12.4. The number of esters is 1. The Kier molecular flexibility index (Phi) is 4.33. The molecular weight excluding hydrogens is 224 g/mol. The van der Waals surface area contributed by atoms with Gasteiger partial charge >= 0.3 is 5.97 Å². The number of hydrogen-bond acceptors (Lipinski definition) is 2. The van der Waals surface area contributed by atoms with E-state index in [-0.39, 0.29) is 5.97 Å². The number of rotatable bonds is 4. The predicted octanol–water partition coefficient (Wildman–Crippen LogP) is 3.86. The van der Waals surface area contributed by atoms with E-state index in [0.717, 1.165) is 5.56 Å². The highest BCUT2D eigenvalue weighted by Gasteiger charge is 2.38. The van der Waals surface area contributed by atoms with Crippen molar-refractivity contribution >= 4 is 5.97 Å². The van der Waals surface area contributed by atoms with Crippen molar-refractivity contribution in [3.63, 3.8) is 0 Å². The molecule has 18 heavy (non-hydrogen) atoms. The minimum atomic E-state index is -0.755. The highest BCUT2D eigenvalue weighted by molar-refractivity contribution is 5.86. The minimum absolute atomic E-state index is 0.237. The zero-order valence-electron chi connectivity index (χ0n) is 11.7. The van der Waals surface area contributed by atoms with Crippen LogP contribution in [0.15, 0.2) is 43.0 Å². The first-order valence-corrected chi connectivity index (χ1v) is 6.28. The zero-order chi connectivity index (χ0) is 13.8. The lowest BCUT2D eigenvalue weighted by atomic mass is 9.78. The van der Waals surface area contributed by atoms with E-state index in [9.17, 15) is 4.79 Å². The summed E-state index contributed by atoms with van der Waals surface area (Å²) in [6, 6.07) is 9.66. The van der Waals surface area contributed by atoms with E-state index in [1.807, 2.05) is 58.0 Å². The van der Waals surface area contributed by atoms with Crippen molar-refractivity contribution in [3.05, 3.63) is 48.6 Å². The molecule has 0 fully saturated rings. The van der Waals surface area contributed by atoms with E-state index in [1.165, 1.54) is 0 Å². The van der Waals surface area contributed by atoms with E-state index in [1.54, 1.807) is 6.08 Å². The van der Waals surface area contributed by atoms with Crippen molar-refractivity contribution < 1.29 is 9.53 Å². The molecule has 0 unspecified atom stereocenters. The van der Waals surface area contributed by atoms with Gasteiger partial charge in [-0.05, 0) is 32.8 Å². The van der Waals surface area contributed by atoms with Crippen LogP contribution in [0, 0.1) is 0 Å². The molecule has 0 aromatic heterocycles. The molecule has 2 nitrogen and oxygen atoms in total. The molecule has 0 amide bonds. The lowest BCUT2D eigenvalue weighted by Crippen LogP contribution is -2.39. The molecular formula is C16H22O2. The van der Waals surface area contributed by atoms with Gasteiger partial charge in [-0.25, -0.2) is 0 Å². The van der Waals surface area contributed by atoms with Crippen molar-refractivity contribution in [2.24, 2.45) is 0 Å². The quantitative estimate of drug-likeness (QED) is 0.595. The van der Waals surface area contributed by atoms with Gasteiger partial charge in [0.05, 0.1) is 0 Å². The van der Waals surface area contributed by atoms with Crippen molar-refractivity contribution in [3.8, 4) is 0 Å². The van der Waals surface area contributed by atoms with Crippen LogP contribution in [0.1, 0.15) is 39.7 Å². The third kappa shape index (κ3) is 3.00. The maximum Gasteiger partial charge on any atom is 0.320 e. The predicted molar refractivity (Wildman–Crippen MR) is 74.5 cm³/mol. The molecule has 1 aromatic carbocycles. The van der Waals surface area contributed by atoms with E-state index in [2.05, 4.69) is 6.58 Å². The van der Waals surface area contributed by atoms with Gasteiger partial charge in [0, 0.05) is 0 Å². The first-order chi connectivity index (χ1) is 8.35. The standard InChI is InChI=1S/C16H22O2/c1-6-16(7-2,13-11-9-8-10-12-13)14(17)18-15(3,4)5/h6,8-12H,1,7H2,2-5H3/t16-/m1/s1. The second kappa shape index (κ2) is 5.38. The van der Waals surface area contributed by atoms with Crippen LogP contribution in [-0.2, 0) is 14.9 Å². The lowest BCUT2D eigenvalue weighted by molar-refractivity contribution is -0.160. The van der Waals surface area contributed by atoms with Gasteiger partial charge in [-0.2, -0.15) is 0 Å². The summed E-state index contributed by atoms with van der Waals surface area (Å²) in [6.07, 6.45) is 2.33. The molecule has 0 aliphatic rings. The van der Waals surface area contributed by atoms with E-state index < -0.39 is 11.0 Å². The van der Waals surface area contributed by atoms with E-state index in [0.29, 0.717) is 6.42 Å². The monoisotopic (exact) mass is 246 g/mol. The Morgan fingerprint density at radius 2 is 1.83 bits per heavy atom. The van der Waals surface area contributed by atoms with E-state index >= 15 is 0 Å². The summed E-state index contributed by atoms with van der Waals surface area (Å²) >= 11 is 0. The fraction of sp³-hybridized carbons (Fsp3) is 0.438. The summed E-state index contributed by atoms with van der Waals surface area (Å²) in [4.78, 5) is 12.4. The number of benzene rings is 1. The van der Waals surface area contributed by atoms with Crippen molar-refractivity contribution in [2.75, 3.05) is 0 Å². The van der Waals surface area contributed by atoms with Gasteiger partial charge in [-0.3, -0.25) is 4.79 Å². The fourth-order valence-electron chi connectivity index (χ4n) is 1.92. The third-order valence-electron chi connectivity index (χ3n) is 2.96. The molecule has 0 radical (unpaired) electrons. The lowest BCUT2D eigenvalue weighted by Gasteiger charge is -2.31. The average molecular weight is 246 g/mol. The normalized spacial score (nSPS) is 14.7. The van der Waals surface area contributed by atoms with Gasteiger partial charge in [-0.1, -0.05) is 43.3 Å². The summed E-state index contributed by atoms with van der Waals surface area (Å²) in [5, 5.41) is 0. The topological polar surface area (TPSA) is 26.3 Å². The van der Waals surface area contributed by atoms with Crippen LogP contribution in [0.5, 0.6) is 0 Å². The molecule has 2 heteroatoms. The molecule has 0 aliphatic heterocycles. The number of hydrogen-bond donors (Lipinski definition) is 0. The smallest absolute Gasteiger partial charge is 0.320 e. The van der Waals surface area contributed by atoms with Gasteiger partial charge < -0.3 is 4.74 Å². The molecule has 0 saturated carbocycles. The largest absolute Gasteiger partial charge is 0.459 e. The summed E-state index contributed by atoms with van der Waals surface area (Å²) < 4.78 is 5.53. The summed E-state index contributed by atoms with van der Waals surface area (Å²) in [7, 11) is 0. The van der Waals surface area contributed by atoms with Crippen molar-refractivity contribution in [1.29, 1.82) is 0 Å². The maximum absolute atomic E-state index is 12.4. The molecule has 0 heterocycles. The van der Waals surface area contributed by atoms with Gasteiger partial charge in [0.25, 0.3) is 0 Å². The van der Waals surface area contributed by atoms with Gasteiger partial charge in [-0.15, -0.1) is 6.58 Å². The molecule has 1 atom stereocenters. The van der Waals surface area contributed by atoms with Gasteiger partial charge in [0.2, 0.25) is 0 Å². The Balaban J connectivity index is 3.16. The Morgan fingerprint density at radius 3 is 2.22 bits per heavy atom. The molecule has 0 aliphatic carbocycles. The van der Waals surface area contributed by atoms with Crippen LogP contribution in [-0.4, -0.2) is 11.6 Å². The minimum Gasteiger partial charge on any atom is -0.459 e. The second-order valence-electron chi connectivity index (χ2n) is 5.40. The van der Waals surface area contributed by atoms with Crippen LogP contribution in [0.25, 0.3) is 0 Å². The summed E-state index contributed by atoms with van der Waals surface area (Å²) in [6.45, 7) is 11.4. The Morgan fingerprint density at radius 1 is 1.28 bits per heavy atom. The van der Waals surface area contributed by atoms with Crippen LogP contribution < -0.4 is 0 Å². The Bertz CT molecular complexity index is 414. The van der Waals surface area contributed by atoms with E-state index in [4.69, 9.17) is 4.74 Å². The van der Waals surface area contributed by atoms with Crippen molar-refractivity contribution in [2.45, 2.75) is 45.1 Å².